The molecule has 164 valence electrons. The molecule has 0 bridgehead atoms. The Bertz CT molecular complexity index is 1050. The van der Waals surface area contributed by atoms with Gasteiger partial charge >= 0.3 is 5.97 Å². The van der Waals surface area contributed by atoms with Crippen LogP contribution >= 0.6 is 0 Å². The fourth-order valence-electron chi connectivity index (χ4n) is 2.88. The lowest BCUT2D eigenvalue weighted by atomic mass is 10.0. The average Bonchev–Trinajstić information content (AvgIpc) is 2.83. The van der Waals surface area contributed by atoms with Gasteiger partial charge in [-0.15, -0.1) is 0 Å². The number of para-hydroxylation sites is 2. The number of nitrogens with one attached hydrogen (secondary N) is 2. The molecule has 32 heavy (non-hydrogen) atoms. The van der Waals surface area contributed by atoms with E-state index in [4.69, 9.17) is 9.47 Å². The second-order valence-corrected chi connectivity index (χ2v) is 6.91. The van der Waals surface area contributed by atoms with Gasteiger partial charge in [0.05, 0.1) is 0 Å². The standard InChI is InChI=1S/C25H24N2O5/c1-18(32-24(29)16-26-23(28)17-31-20-12-6-3-7-13-20)25(30)27-22-15-9-8-14-21(22)19-10-4-2-5-11-19/h2-15,18H,16-17H2,1H3,(H,26,28)(H,27,30). The van der Waals surface area contributed by atoms with Crippen molar-refractivity contribution in [2.24, 2.45) is 0 Å². The van der Waals surface area contributed by atoms with Gasteiger partial charge in [0.1, 0.15) is 12.3 Å². The maximum absolute atomic E-state index is 12.5. The first-order valence-electron chi connectivity index (χ1n) is 10.1. The Balaban J connectivity index is 1.46. The van der Waals surface area contributed by atoms with E-state index in [2.05, 4.69) is 10.6 Å². The van der Waals surface area contributed by atoms with Crippen LogP contribution < -0.4 is 15.4 Å². The minimum absolute atomic E-state index is 0.233. The summed E-state index contributed by atoms with van der Waals surface area (Å²) in [7, 11) is 0. The van der Waals surface area contributed by atoms with Crippen LogP contribution in [0.2, 0.25) is 0 Å². The van der Waals surface area contributed by atoms with Crippen molar-refractivity contribution in [1.29, 1.82) is 0 Å². The van der Waals surface area contributed by atoms with E-state index in [9.17, 15) is 14.4 Å². The summed E-state index contributed by atoms with van der Waals surface area (Å²) >= 11 is 0. The largest absolute Gasteiger partial charge is 0.484 e. The van der Waals surface area contributed by atoms with Crippen molar-refractivity contribution in [2.45, 2.75) is 13.0 Å². The first-order chi connectivity index (χ1) is 15.5. The number of esters is 1. The summed E-state index contributed by atoms with van der Waals surface area (Å²) < 4.78 is 10.4. The molecule has 0 saturated carbocycles. The Kier molecular flexibility index (Phi) is 7.97. The molecule has 0 spiro atoms. The zero-order valence-electron chi connectivity index (χ0n) is 17.6. The molecule has 3 rings (SSSR count). The number of hydrogen-bond donors (Lipinski definition) is 2. The highest BCUT2D eigenvalue weighted by Gasteiger charge is 2.19. The fraction of sp³-hybridized carbons (Fsp3) is 0.160. The van der Waals surface area contributed by atoms with Crippen molar-refractivity contribution in [1.82, 2.24) is 5.32 Å². The molecule has 0 aliphatic heterocycles. The predicted molar refractivity (Wildman–Crippen MR) is 121 cm³/mol. The number of carbonyl (C=O) groups is 3. The van der Waals surface area contributed by atoms with Gasteiger partial charge in [0.15, 0.2) is 12.7 Å². The number of carbonyl (C=O) groups excluding carboxylic acids is 3. The molecular weight excluding hydrogens is 408 g/mol. The molecule has 3 aromatic rings. The van der Waals surface area contributed by atoms with Gasteiger partial charge in [0, 0.05) is 11.3 Å². The minimum atomic E-state index is -1.04. The van der Waals surface area contributed by atoms with Crippen LogP contribution in [0.1, 0.15) is 6.92 Å². The molecule has 1 atom stereocenters. The van der Waals surface area contributed by atoms with E-state index in [1.165, 1.54) is 6.92 Å². The summed E-state index contributed by atoms with van der Waals surface area (Å²) in [6.45, 7) is 0.873. The summed E-state index contributed by atoms with van der Waals surface area (Å²) in [6.07, 6.45) is -1.04. The van der Waals surface area contributed by atoms with E-state index in [0.29, 0.717) is 11.4 Å². The third-order valence-electron chi connectivity index (χ3n) is 4.49. The van der Waals surface area contributed by atoms with E-state index < -0.39 is 23.9 Å². The second-order valence-electron chi connectivity index (χ2n) is 6.91. The molecule has 1 unspecified atom stereocenters. The molecule has 0 radical (unpaired) electrons. The van der Waals surface area contributed by atoms with Crippen LogP contribution in [0, 0.1) is 0 Å². The van der Waals surface area contributed by atoms with Gasteiger partial charge < -0.3 is 20.1 Å². The summed E-state index contributed by atoms with van der Waals surface area (Å²) in [5.74, 6) is -1.12. The van der Waals surface area contributed by atoms with Crippen LogP contribution in [0.25, 0.3) is 11.1 Å². The summed E-state index contributed by atoms with van der Waals surface area (Å²) in [5.41, 5.74) is 2.41. The zero-order chi connectivity index (χ0) is 22.8. The summed E-state index contributed by atoms with van der Waals surface area (Å²) in [5, 5.41) is 5.20. The van der Waals surface area contributed by atoms with Gasteiger partial charge in [-0.2, -0.15) is 0 Å². The fourth-order valence-corrected chi connectivity index (χ4v) is 2.88. The number of amides is 2. The molecule has 7 heteroatoms. The number of benzene rings is 3. The quantitative estimate of drug-likeness (QED) is 0.506. The van der Waals surface area contributed by atoms with Crippen LogP contribution in [0.5, 0.6) is 5.75 Å². The average molecular weight is 432 g/mol. The van der Waals surface area contributed by atoms with E-state index in [0.717, 1.165) is 11.1 Å². The minimum Gasteiger partial charge on any atom is -0.484 e. The lowest BCUT2D eigenvalue weighted by molar-refractivity contribution is -0.152. The summed E-state index contributed by atoms with van der Waals surface area (Å²) in [4.78, 5) is 36.4. The van der Waals surface area contributed by atoms with Gasteiger partial charge in [-0.25, -0.2) is 0 Å². The molecule has 2 N–H and O–H groups in total. The topological polar surface area (TPSA) is 93.7 Å². The molecule has 0 heterocycles. The smallest absolute Gasteiger partial charge is 0.326 e. The first kappa shape index (κ1) is 22.6. The highest BCUT2D eigenvalue weighted by molar-refractivity contribution is 5.98. The molecule has 0 fully saturated rings. The van der Waals surface area contributed by atoms with Gasteiger partial charge in [-0.3, -0.25) is 14.4 Å². The highest BCUT2D eigenvalue weighted by atomic mass is 16.5. The van der Waals surface area contributed by atoms with E-state index in [-0.39, 0.29) is 13.2 Å². The number of hydrogen-bond acceptors (Lipinski definition) is 5. The molecule has 2 amide bonds. The predicted octanol–water partition coefficient (Wildman–Crippen LogP) is 3.42. The molecule has 0 aromatic heterocycles. The maximum Gasteiger partial charge on any atom is 0.326 e. The normalized spacial score (nSPS) is 11.2. The van der Waals surface area contributed by atoms with Crippen LogP contribution in [0.4, 0.5) is 5.69 Å². The Morgan fingerprint density at radius 3 is 2.19 bits per heavy atom. The van der Waals surface area contributed by atoms with Crippen LogP contribution in [0.15, 0.2) is 84.9 Å². The Morgan fingerprint density at radius 1 is 0.844 bits per heavy atom. The SMILES string of the molecule is CC(OC(=O)CNC(=O)COc1ccccc1)C(=O)Nc1ccccc1-c1ccccc1. The van der Waals surface area contributed by atoms with E-state index in [1.807, 2.05) is 54.6 Å². The Hall–Kier alpha value is -4.13. The van der Waals surface area contributed by atoms with E-state index in [1.54, 1.807) is 30.3 Å². The van der Waals surface area contributed by atoms with Crippen molar-refractivity contribution >= 4 is 23.5 Å². The molecule has 0 saturated heterocycles. The maximum atomic E-state index is 12.5. The van der Waals surface area contributed by atoms with Crippen molar-refractivity contribution in [3.05, 3.63) is 84.9 Å². The Labute approximate surface area is 186 Å². The van der Waals surface area contributed by atoms with Crippen molar-refractivity contribution < 1.29 is 23.9 Å². The van der Waals surface area contributed by atoms with Gasteiger partial charge in [0.2, 0.25) is 0 Å². The molecule has 0 aliphatic rings. The van der Waals surface area contributed by atoms with Crippen molar-refractivity contribution in [3.8, 4) is 16.9 Å². The number of anilines is 1. The van der Waals surface area contributed by atoms with Gasteiger partial charge in [-0.1, -0.05) is 66.7 Å². The Morgan fingerprint density at radius 2 is 1.47 bits per heavy atom. The van der Waals surface area contributed by atoms with Crippen LogP contribution in [0.3, 0.4) is 0 Å². The van der Waals surface area contributed by atoms with Crippen LogP contribution in [-0.2, 0) is 19.1 Å². The molecule has 3 aromatic carbocycles. The van der Waals surface area contributed by atoms with Crippen molar-refractivity contribution in [2.75, 3.05) is 18.5 Å². The highest BCUT2D eigenvalue weighted by Crippen LogP contribution is 2.27. The number of rotatable bonds is 9. The summed E-state index contributed by atoms with van der Waals surface area (Å²) in [6, 6.07) is 25.8. The molecular formula is C25H24N2O5. The van der Waals surface area contributed by atoms with E-state index >= 15 is 0 Å². The lowest BCUT2D eigenvalue weighted by Crippen LogP contribution is -2.37. The lowest BCUT2D eigenvalue weighted by Gasteiger charge is -2.16. The third-order valence-corrected chi connectivity index (χ3v) is 4.49. The second kappa shape index (κ2) is 11.3. The molecule has 7 nitrogen and oxygen atoms in total. The van der Waals surface area contributed by atoms with Gasteiger partial charge in [-0.05, 0) is 30.7 Å². The van der Waals surface area contributed by atoms with Gasteiger partial charge in [0.25, 0.3) is 11.8 Å². The molecule has 0 aliphatic carbocycles. The zero-order valence-corrected chi connectivity index (χ0v) is 17.6. The van der Waals surface area contributed by atoms with Crippen molar-refractivity contribution in [3.63, 3.8) is 0 Å². The number of ether oxygens (including phenoxy) is 2. The van der Waals surface area contributed by atoms with Crippen LogP contribution in [-0.4, -0.2) is 37.0 Å². The first-order valence-corrected chi connectivity index (χ1v) is 10.1. The monoisotopic (exact) mass is 432 g/mol. The third kappa shape index (κ3) is 6.70.